The highest BCUT2D eigenvalue weighted by atomic mass is 32.2. The predicted octanol–water partition coefficient (Wildman–Crippen LogP) is 6.52. The molecule has 0 N–H and O–H groups in total. The van der Waals surface area contributed by atoms with Crippen molar-refractivity contribution in [1.82, 2.24) is 14.5 Å². The Bertz CT molecular complexity index is 1550. The van der Waals surface area contributed by atoms with Gasteiger partial charge in [-0.1, -0.05) is 72.8 Å². The van der Waals surface area contributed by atoms with Crippen LogP contribution >= 0.6 is 11.8 Å². The molecule has 0 spiro atoms. The highest BCUT2D eigenvalue weighted by Crippen LogP contribution is 2.28. The predicted molar refractivity (Wildman–Crippen MR) is 147 cm³/mol. The fourth-order valence-electron chi connectivity index (χ4n) is 3.90. The topological polar surface area (TPSA) is 74.1 Å². The van der Waals surface area contributed by atoms with E-state index in [2.05, 4.69) is 22.1 Å². The molecule has 0 saturated heterocycles. The molecule has 5 rings (SSSR count). The summed E-state index contributed by atoms with van der Waals surface area (Å²) in [6, 6.07) is 28.9. The third-order valence-electron chi connectivity index (χ3n) is 5.89. The van der Waals surface area contributed by atoms with E-state index in [0.717, 1.165) is 21.8 Å². The summed E-state index contributed by atoms with van der Waals surface area (Å²) in [5.74, 6) is 0.970. The van der Waals surface area contributed by atoms with Gasteiger partial charge < -0.3 is 4.74 Å². The Morgan fingerprint density at radius 2 is 1.59 bits per heavy atom. The first-order valence-corrected chi connectivity index (χ1v) is 14.1. The molecule has 0 aliphatic rings. The van der Waals surface area contributed by atoms with Crippen molar-refractivity contribution >= 4 is 39.7 Å². The first-order chi connectivity index (χ1) is 18.1. The second kappa shape index (κ2) is 11.5. The average molecular weight is 528 g/mol. The van der Waals surface area contributed by atoms with Crippen LogP contribution < -0.4 is 0 Å². The molecule has 6 nitrogen and oxygen atoms in total. The van der Waals surface area contributed by atoms with Crippen molar-refractivity contribution in [3.05, 3.63) is 120 Å². The van der Waals surface area contributed by atoms with Crippen molar-refractivity contribution in [3.8, 4) is 0 Å². The fourth-order valence-corrected chi connectivity index (χ4v) is 6.15. The van der Waals surface area contributed by atoms with Gasteiger partial charge in [0.15, 0.2) is 0 Å². The minimum atomic E-state index is -1.63. The highest BCUT2D eigenvalue weighted by Gasteiger charge is 2.23. The number of imidazole rings is 1. The van der Waals surface area contributed by atoms with Gasteiger partial charge in [0.2, 0.25) is 5.16 Å². The van der Waals surface area contributed by atoms with Crippen LogP contribution in [0.25, 0.3) is 11.0 Å². The van der Waals surface area contributed by atoms with Crippen molar-refractivity contribution in [2.24, 2.45) is 0 Å². The lowest BCUT2D eigenvalue weighted by atomic mass is 10.2. The number of para-hydroxylation sites is 2. The molecule has 5 aromatic rings. The summed E-state index contributed by atoms with van der Waals surface area (Å²) in [5.41, 5.74) is 4.93. The molecular formula is C29H25N3O3S2. The Morgan fingerprint density at radius 3 is 2.35 bits per heavy atom. The van der Waals surface area contributed by atoms with E-state index in [1.165, 1.54) is 10.1 Å². The van der Waals surface area contributed by atoms with Gasteiger partial charge in [0.1, 0.15) is 6.61 Å². The smallest absolute Gasteiger partial charge is 0.421 e. The SMILES string of the molecule is Cc1c(SCc2ccccc2)ccnc1CS(=O)c1nc2ccccc2n1C(=O)OCc1ccccc1. The molecule has 0 bridgehead atoms. The minimum absolute atomic E-state index is 0.111. The monoisotopic (exact) mass is 527 g/mol. The molecule has 37 heavy (non-hydrogen) atoms. The normalized spacial score (nSPS) is 11.9. The number of aromatic nitrogens is 3. The van der Waals surface area contributed by atoms with Gasteiger partial charge >= 0.3 is 6.09 Å². The van der Waals surface area contributed by atoms with Crippen LogP contribution in [0.5, 0.6) is 0 Å². The highest BCUT2D eigenvalue weighted by molar-refractivity contribution is 7.98. The third kappa shape index (κ3) is 5.81. The van der Waals surface area contributed by atoms with Gasteiger partial charge in [-0.2, -0.15) is 0 Å². The molecule has 3 aromatic carbocycles. The zero-order valence-electron chi connectivity index (χ0n) is 20.2. The molecular weight excluding hydrogens is 502 g/mol. The number of fused-ring (bicyclic) bond motifs is 1. The van der Waals surface area contributed by atoms with Crippen LogP contribution in [0.3, 0.4) is 0 Å². The number of carbonyl (C=O) groups is 1. The summed E-state index contributed by atoms with van der Waals surface area (Å²) in [6.45, 7) is 2.10. The fraction of sp³-hybridized carbons (Fsp3) is 0.138. The Hall–Kier alpha value is -3.75. The van der Waals surface area contributed by atoms with Crippen LogP contribution in [-0.2, 0) is 33.6 Å². The number of benzene rings is 3. The molecule has 1 unspecified atom stereocenters. The number of carbonyl (C=O) groups excluding carboxylic acids is 1. The quantitative estimate of drug-likeness (QED) is 0.214. The number of hydrogen-bond acceptors (Lipinski definition) is 6. The second-order valence-corrected chi connectivity index (χ2v) is 10.8. The van der Waals surface area contributed by atoms with Crippen molar-refractivity contribution in [2.75, 3.05) is 0 Å². The Morgan fingerprint density at radius 1 is 0.919 bits per heavy atom. The molecule has 8 heteroatoms. The largest absolute Gasteiger partial charge is 0.444 e. The summed E-state index contributed by atoms with van der Waals surface area (Å²) < 4.78 is 20.5. The van der Waals surface area contributed by atoms with E-state index in [4.69, 9.17) is 4.74 Å². The van der Waals surface area contributed by atoms with Crippen LogP contribution in [-0.4, -0.2) is 24.8 Å². The molecule has 2 heterocycles. The lowest BCUT2D eigenvalue weighted by molar-refractivity contribution is 0.140. The van der Waals surface area contributed by atoms with E-state index in [1.54, 1.807) is 30.1 Å². The molecule has 0 amide bonds. The summed E-state index contributed by atoms with van der Waals surface area (Å²) >= 11 is 1.72. The molecule has 0 aliphatic carbocycles. The summed E-state index contributed by atoms with van der Waals surface area (Å²) in [7, 11) is -1.63. The number of hydrogen-bond donors (Lipinski definition) is 0. The zero-order chi connectivity index (χ0) is 25.6. The minimum Gasteiger partial charge on any atom is -0.444 e. The third-order valence-corrected chi connectivity index (χ3v) is 8.33. The van der Waals surface area contributed by atoms with Crippen LogP contribution in [0.15, 0.2) is 107 Å². The Labute approximate surface area is 222 Å². The van der Waals surface area contributed by atoms with Gasteiger partial charge in [-0.25, -0.2) is 14.3 Å². The number of rotatable bonds is 8. The lowest BCUT2D eigenvalue weighted by Crippen LogP contribution is -2.18. The first kappa shape index (κ1) is 24.9. The maximum Gasteiger partial charge on any atom is 0.421 e. The molecule has 186 valence electrons. The van der Waals surface area contributed by atoms with E-state index in [1.807, 2.05) is 73.7 Å². The van der Waals surface area contributed by atoms with Gasteiger partial charge in [-0.3, -0.25) is 9.19 Å². The van der Waals surface area contributed by atoms with Crippen molar-refractivity contribution in [2.45, 2.75) is 35.1 Å². The van der Waals surface area contributed by atoms with Gasteiger partial charge in [-0.15, -0.1) is 11.8 Å². The second-order valence-electron chi connectivity index (χ2n) is 8.40. The van der Waals surface area contributed by atoms with Crippen LogP contribution in [0.4, 0.5) is 4.79 Å². The number of ether oxygens (including phenoxy) is 1. The van der Waals surface area contributed by atoms with E-state index < -0.39 is 16.9 Å². The zero-order valence-corrected chi connectivity index (χ0v) is 21.9. The first-order valence-electron chi connectivity index (χ1n) is 11.8. The van der Waals surface area contributed by atoms with Crippen LogP contribution in [0, 0.1) is 6.92 Å². The van der Waals surface area contributed by atoms with Crippen LogP contribution in [0.2, 0.25) is 0 Å². The molecule has 2 aromatic heterocycles. The maximum atomic E-state index is 13.6. The maximum absolute atomic E-state index is 13.6. The molecule has 1 atom stereocenters. The number of pyridine rings is 1. The lowest BCUT2D eigenvalue weighted by Gasteiger charge is -2.11. The standard InChI is InChI=1S/C29H25N3O3S2/c1-21-25(30-17-16-27(21)36-19-23-12-6-3-7-13-23)20-37(34)28-31-24-14-8-9-15-26(24)32(28)29(33)35-18-22-10-4-2-5-11-22/h2-17H,18-20H2,1H3. The Kier molecular flexibility index (Phi) is 7.77. The summed E-state index contributed by atoms with van der Waals surface area (Å²) in [4.78, 5) is 23.3. The van der Waals surface area contributed by atoms with E-state index in [-0.39, 0.29) is 17.5 Å². The van der Waals surface area contributed by atoms with Crippen molar-refractivity contribution < 1.29 is 13.7 Å². The molecule has 0 aliphatic heterocycles. The molecule has 0 fully saturated rings. The summed E-state index contributed by atoms with van der Waals surface area (Å²) in [5, 5.41) is 0.155. The Balaban J connectivity index is 1.38. The van der Waals surface area contributed by atoms with E-state index in [0.29, 0.717) is 16.7 Å². The van der Waals surface area contributed by atoms with Crippen LogP contribution in [0.1, 0.15) is 22.4 Å². The molecule has 0 saturated carbocycles. The van der Waals surface area contributed by atoms with Gasteiger partial charge in [0, 0.05) is 16.8 Å². The van der Waals surface area contributed by atoms with E-state index >= 15 is 0 Å². The average Bonchev–Trinajstić information content (AvgIpc) is 3.33. The van der Waals surface area contributed by atoms with Gasteiger partial charge in [0.05, 0.1) is 33.3 Å². The van der Waals surface area contributed by atoms with Gasteiger partial charge in [-0.05, 0) is 41.8 Å². The van der Waals surface area contributed by atoms with E-state index in [9.17, 15) is 9.00 Å². The number of thioether (sulfide) groups is 1. The van der Waals surface area contributed by atoms with Crippen molar-refractivity contribution in [1.29, 1.82) is 0 Å². The van der Waals surface area contributed by atoms with Crippen molar-refractivity contribution in [3.63, 3.8) is 0 Å². The summed E-state index contributed by atoms with van der Waals surface area (Å²) in [6.07, 6.45) is 1.13. The number of nitrogens with zero attached hydrogens (tertiary/aromatic N) is 3. The van der Waals surface area contributed by atoms with Gasteiger partial charge in [0.25, 0.3) is 0 Å². The molecule has 0 radical (unpaired) electrons.